The Labute approximate surface area is 241 Å². The van der Waals surface area contributed by atoms with Crippen LogP contribution in [0.15, 0.2) is 0 Å². The monoisotopic (exact) mass is 613 g/mol. The van der Waals surface area contributed by atoms with E-state index in [2.05, 4.69) is 0 Å². The normalized spacial score (nSPS) is 55.6. The molecule has 0 aromatic rings. The third-order valence-corrected chi connectivity index (χ3v) is 9.48. The molecule has 5 fully saturated rings. The molecule has 17 unspecified atom stereocenters. The van der Waals surface area contributed by atoms with Crippen molar-refractivity contribution in [2.45, 2.75) is 136 Å². The minimum absolute atomic E-state index is 0.0882. The van der Waals surface area contributed by atoms with E-state index in [0.717, 1.165) is 0 Å². The number of rotatable bonds is 6. The second-order valence-electron chi connectivity index (χ2n) is 12.4. The van der Waals surface area contributed by atoms with E-state index >= 15 is 0 Å². The van der Waals surface area contributed by atoms with E-state index < -0.39 is 123 Å². The van der Waals surface area contributed by atoms with Gasteiger partial charge in [0.05, 0.1) is 43.5 Å². The largest absolute Gasteiger partial charge is 0.427 e. The smallest absolute Gasteiger partial charge is 0.187 e. The van der Waals surface area contributed by atoms with Gasteiger partial charge in [0.1, 0.15) is 54.9 Å². The van der Waals surface area contributed by atoms with Gasteiger partial charge in [-0.3, -0.25) is 0 Å². The Morgan fingerprint density at radius 2 is 1.29 bits per heavy atom. The molecule has 2 aliphatic carbocycles. The Bertz CT molecular complexity index is 871. The highest BCUT2D eigenvalue weighted by molar-refractivity contribution is 4.99. The van der Waals surface area contributed by atoms with Crippen molar-refractivity contribution in [3.05, 3.63) is 0 Å². The summed E-state index contributed by atoms with van der Waals surface area (Å²) in [4.78, 5) is 0. The first-order valence-corrected chi connectivity index (χ1v) is 14.6. The first kappa shape index (κ1) is 32.7. The van der Waals surface area contributed by atoms with E-state index in [1.165, 1.54) is 0 Å². The summed E-state index contributed by atoms with van der Waals surface area (Å²) in [5, 5.41) is 113. The zero-order valence-electron chi connectivity index (χ0n) is 22.9. The van der Waals surface area contributed by atoms with Gasteiger partial charge in [-0.1, -0.05) is 0 Å². The molecule has 16 heteroatoms. The summed E-state index contributed by atoms with van der Waals surface area (Å²) in [7, 11) is 0. The molecule has 5 aliphatic rings. The molecule has 5 rings (SSSR count). The maximum absolute atomic E-state index is 10.8. The number of ether oxygens (including phenoxy) is 5. The van der Waals surface area contributed by atoms with Crippen LogP contribution in [0.4, 0.5) is 0 Å². The summed E-state index contributed by atoms with van der Waals surface area (Å²) in [6.07, 6.45) is -20.3. The fraction of sp³-hybridized carbons (Fsp3) is 1.00. The summed E-state index contributed by atoms with van der Waals surface area (Å²) in [6, 6.07) is 0. The van der Waals surface area contributed by atoms with E-state index in [4.69, 9.17) is 23.7 Å². The third kappa shape index (κ3) is 6.64. The topological polar surface area (TPSA) is 272 Å². The van der Waals surface area contributed by atoms with Crippen LogP contribution in [0.5, 0.6) is 0 Å². The van der Waals surface area contributed by atoms with E-state index in [-0.39, 0.29) is 32.3 Å². The average Bonchev–Trinajstić information content (AvgIpc) is 2.94. The zero-order chi connectivity index (χ0) is 30.5. The molecule has 3 aliphatic heterocycles. The van der Waals surface area contributed by atoms with Gasteiger partial charge in [-0.25, -0.2) is 0 Å². The predicted octanol–water partition coefficient (Wildman–Crippen LogP) is -6.07. The van der Waals surface area contributed by atoms with Gasteiger partial charge in [0.25, 0.3) is 0 Å². The molecule has 0 amide bonds. The van der Waals surface area contributed by atoms with Crippen molar-refractivity contribution < 1.29 is 79.9 Å². The highest BCUT2D eigenvalue weighted by Gasteiger charge is 2.55. The number of aliphatic hydroxyl groups excluding tert-OH is 11. The highest BCUT2D eigenvalue weighted by Crippen LogP contribution is 2.42. The summed E-state index contributed by atoms with van der Waals surface area (Å²) < 4.78 is 27.5. The predicted molar refractivity (Wildman–Crippen MR) is 135 cm³/mol. The highest BCUT2D eigenvalue weighted by atomic mass is 16.7. The van der Waals surface area contributed by atoms with Gasteiger partial charge < -0.3 is 79.9 Å². The molecule has 12 N–H and O–H groups in total. The van der Waals surface area contributed by atoms with Crippen LogP contribution in [0.3, 0.4) is 0 Å². The first-order chi connectivity index (χ1) is 19.8. The summed E-state index contributed by atoms with van der Waals surface area (Å²) >= 11 is 0. The van der Waals surface area contributed by atoms with Gasteiger partial charge in [-0.2, -0.15) is 0 Å². The van der Waals surface area contributed by atoms with Crippen LogP contribution in [0.2, 0.25) is 0 Å². The molecular weight excluding hydrogens is 568 g/mol. The lowest BCUT2D eigenvalue weighted by molar-refractivity contribution is -0.361. The van der Waals surface area contributed by atoms with Crippen LogP contribution >= 0.6 is 0 Å². The minimum Gasteiger partial charge on any atom is -0.427 e. The van der Waals surface area contributed by atoms with E-state index in [1.54, 1.807) is 0 Å². The van der Waals surface area contributed by atoms with Crippen LogP contribution in [-0.2, 0) is 18.9 Å². The molecule has 3 heterocycles. The van der Waals surface area contributed by atoms with Crippen molar-refractivity contribution in [3.63, 3.8) is 0 Å². The maximum Gasteiger partial charge on any atom is 0.187 e. The van der Waals surface area contributed by atoms with Crippen LogP contribution in [-0.4, -0.2) is 178 Å². The third-order valence-electron chi connectivity index (χ3n) is 9.48. The summed E-state index contributed by atoms with van der Waals surface area (Å²) in [5.74, 6) is -0.872. The number of hydrogen-bond donors (Lipinski definition) is 11. The molecule has 16 nitrogen and oxygen atoms in total. The molecule has 42 heavy (non-hydrogen) atoms. The van der Waals surface area contributed by atoms with E-state index in [9.17, 15) is 56.2 Å². The lowest BCUT2D eigenvalue weighted by atomic mass is 9.72. The molecular formula is C26H45O16+. The van der Waals surface area contributed by atoms with E-state index in [1.807, 2.05) is 0 Å². The summed E-state index contributed by atoms with van der Waals surface area (Å²) in [5.41, 5.74) is 0. The second kappa shape index (κ2) is 13.4. The quantitative estimate of drug-likeness (QED) is 0.124. The fourth-order valence-corrected chi connectivity index (χ4v) is 7.02. The average molecular weight is 614 g/mol. The molecule has 2 saturated carbocycles. The van der Waals surface area contributed by atoms with Crippen molar-refractivity contribution in [2.75, 3.05) is 13.2 Å². The Morgan fingerprint density at radius 3 is 1.98 bits per heavy atom. The molecule has 0 radical (unpaired) electrons. The van der Waals surface area contributed by atoms with Gasteiger partial charge in [-0.05, 0) is 19.3 Å². The molecule has 17 atom stereocenters. The van der Waals surface area contributed by atoms with Gasteiger partial charge in [-0.15, -0.1) is 0 Å². The van der Waals surface area contributed by atoms with Crippen LogP contribution < -0.4 is 0 Å². The standard InChI is InChI=1S/C26H44O16/c27-9-3-11(28)10-5-16(24(40-15(10)4-9)8-1-12(29)18(32)13(30)2-8)41-26-23(37)21(35)20(34)17(42-26)7-39-25-22(36)19(33)14(31)6-38-25/h8-37H,1-7H2/p+1. The number of fused-ring (bicyclic) bond motifs is 1. The van der Waals surface area contributed by atoms with Gasteiger partial charge in [0, 0.05) is 18.8 Å². The minimum atomic E-state index is -1.74. The molecule has 0 aromatic carbocycles. The lowest BCUT2D eigenvalue weighted by Crippen LogP contribution is -2.63. The number of hydrogen-bond acceptors (Lipinski definition) is 15. The van der Waals surface area contributed by atoms with E-state index in [0.29, 0.717) is 6.42 Å². The molecule has 244 valence electrons. The van der Waals surface area contributed by atoms with Crippen molar-refractivity contribution in [1.82, 2.24) is 0 Å². The Kier molecular flexibility index (Phi) is 10.4. The Morgan fingerprint density at radius 1 is 0.619 bits per heavy atom. The molecule has 0 aromatic heterocycles. The van der Waals surface area contributed by atoms with Crippen molar-refractivity contribution in [1.29, 1.82) is 0 Å². The lowest BCUT2D eigenvalue weighted by Gasteiger charge is -2.49. The van der Waals surface area contributed by atoms with Crippen LogP contribution in [0.1, 0.15) is 32.1 Å². The van der Waals surface area contributed by atoms with Gasteiger partial charge in [0.2, 0.25) is 0 Å². The fourth-order valence-electron chi connectivity index (χ4n) is 7.02. The Balaban J connectivity index is 1.30. The maximum atomic E-state index is 10.8. The molecule has 3 saturated heterocycles. The van der Waals surface area contributed by atoms with Crippen molar-refractivity contribution in [2.24, 2.45) is 11.8 Å². The van der Waals surface area contributed by atoms with Crippen molar-refractivity contribution in [3.8, 4) is 0 Å². The zero-order valence-corrected chi connectivity index (χ0v) is 22.9. The number of aliphatic hydroxyl groups is 13. The van der Waals surface area contributed by atoms with Crippen molar-refractivity contribution >= 4 is 0 Å². The van der Waals surface area contributed by atoms with Gasteiger partial charge in [0.15, 0.2) is 24.8 Å². The van der Waals surface area contributed by atoms with Crippen LogP contribution in [0, 0.1) is 11.8 Å². The van der Waals surface area contributed by atoms with Gasteiger partial charge >= 0.3 is 0 Å². The molecule has 0 spiro atoms. The summed E-state index contributed by atoms with van der Waals surface area (Å²) in [6.45, 7) is -0.780. The second-order valence-corrected chi connectivity index (χ2v) is 12.4. The Hall–Kier alpha value is -0.640. The first-order valence-electron chi connectivity index (χ1n) is 14.6. The van der Waals surface area contributed by atoms with Crippen LogP contribution in [0.25, 0.3) is 0 Å². The SMILES string of the molecule is OC1CC(O)C2CC(OC3OC(COC4OCC(O)C(O)C4O)C(O)C(O)C3O)C(C3CC(O)C(O)C(O)C3)[OH+]C2C1. The molecule has 0 bridgehead atoms.